The number of aldehydes is 1. The molecule has 0 bridgehead atoms. The summed E-state index contributed by atoms with van der Waals surface area (Å²) in [5, 5.41) is 0. The minimum Gasteiger partial charge on any atom is -0.493 e. The highest BCUT2D eigenvalue weighted by Crippen LogP contribution is 2.22. The van der Waals surface area contributed by atoms with Gasteiger partial charge in [0.1, 0.15) is 12.0 Å². The van der Waals surface area contributed by atoms with Gasteiger partial charge in [-0.2, -0.15) is 0 Å². The zero-order valence-electron chi connectivity index (χ0n) is 9.62. The van der Waals surface area contributed by atoms with Gasteiger partial charge in [-0.05, 0) is 36.1 Å². The molecule has 0 N–H and O–H groups in total. The van der Waals surface area contributed by atoms with Gasteiger partial charge in [0.15, 0.2) is 0 Å². The van der Waals surface area contributed by atoms with Crippen molar-refractivity contribution in [3.05, 3.63) is 29.3 Å². The summed E-state index contributed by atoms with van der Waals surface area (Å²) in [5.41, 5.74) is 2.47. The maximum absolute atomic E-state index is 10.2. The average Bonchev–Trinajstić information content (AvgIpc) is 2.17. The quantitative estimate of drug-likeness (QED) is 0.546. The van der Waals surface area contributed by atoms with Crippen LogP contribution < -0.4 is 4.74 Å². The number of aryl methyl sites for hydroxylation is 1. The summed E-state index contributed by atoms with van der Waals surface area (Å²) < 4.78 is 5.49. The second kappa shape index (κ2) is 5.54. The molecule has 2 heteroatoms. The number of hydrogen-bond donors (Lipinski definition) is 0. The normalized spacial score (nSPS) is 10.4. The Morgan fingerprint density at radius 2 is 2.07 bits per heavy atom. The van der Waals surface area contributed by atoms with Crippen LogP contribution in [-0.4, -0.2) is 12.9 Å². The first-order valence-electron chi connectivity index (χ1n) is 5.31. The lowest BCUT2D eigenvalue weighted by Gasteiger charge is -2.10. The van der Waals surface area contributed by atoms with Crippen molar-refractivity contribution in [2.75, 3.05) is 6.61 Å². The molecule has 0 aliphatic carbocycles. The largest absolute Gasteiger partial charge is 0.493 e. The molecule has 0 saturated carbocycles. The van der Waals surface area contributed by atoms with E-state index in [0.717, 1.165) is 12.0 Å². The first-order chi connectivity index (χ1) is 7.13. The molecule has 2 nitrogen and oxygen atoms in total. The second-order valence-electron chi connectivity index (χ2n) is 4.04. The number of carbonyl (C=O) groups is 1. The van der Waals surface area contributed by atoms with E-state index in [1.807, 2.05) is 12.1 Å². The van der Waals surface area contributed by atoms with Gasteiger partial charge >= 0.3 is 0 Å². The summed E-state index contributed by atoms with van der Waals surface area (Å²) in [6, 6.07) is 6.20. The van der Waals surface area contributed by atoms with Crippen LogP contribution in [0.3, 0.4) is 0 Å². The van der Waals surface area contributed by atoms with Gasteiger partial charge in [-0.1, -0.05) is 19.9 Å². The summed E-state index contributed by atoms with van der Waals surface area (Å²) >= 11 is 0. The summed E-state index contributed by atoms with van der Waals surface area (Å²) in [6.45, 7) is 6.83. The van der Waals surface area contributed by atoms with Gasteiger partial charge in [0.25, 0.3) is 0 Å². The van der Waals surface area contributed by atoms with Crippen LogP contribution in [0.25, 0.3) is 0 Å². The molecule has 0 spiro atoms. The maximum atomic E-state index is 10.2. The van der Waals surface area contributed by atoms with Crippen molar-refractivity contribution in [3.8, 4) is 5.75 Å². The summed E-state index contributed by atoms with van der Waals surface area (Å²) in [7, 11) is 0. The summed E-state index contributed by atoms with van der Waals surface area (Å²) in [4.78, 5) is 10.2. The van der Waals surface area contributed by atoms with Crippen molar-refractivity contribution >= 4 is 6.29 Å². The van der Waals surface area contributed by atoms with E-state index in [2.05, 4.69) is 26.8 Å². The van der Waals surface area contributed by atoms with E-state index >= 15 is 0 Å². The zero-order valence-corrected chi connectivity index (χ0v) is 9.62. The van der Waals surface area contributed by atoms with Gasteiger partial charge in [-0.3, -0.25) is 0 Å². The van der Waals surface area contributed by atoms with Crippen LogP contribution in [0.15, 0.2) is 18.2 Å². The number of carbonyl (C=O) groups excluding carboxylic acids is 1. The van der Waals surface area contributed by atoms with E-state index in [-0.39, 0.29) is 0 Å². The van der Waals surface area contributed by atoms with Crippen LogP contribution in [0, 0.1) is 6.92 Å². The van der Waals surface area contributed by atoms with Crippen LogP contribution in [-0.2, 0) is 4.79 Å². The molecule has 0 aliphatic heterocycles. The molecule has 0 fully saturated rings. The molecule has 82 valence electrons. The summed E-state index contributed by atoms with van der Waals surface area (Å²) in [6.07, 6.45) is 1.32. The Labute approximate surface area is 91.3 Å². The van der Waals surface area contributed by atoms with Crippen LogP contribution >= 0.6 is 0 Å². The molecule has 1 aromatic carbocycles. The molecular weight excluding hydrogens is 188 g/mol. The highest BCUT2D eigenvalue weighted by atomic mass is 16.5. The maximum Gasteiger partial charge on any atom is 0.123 e. The molecule has 0 heterocycles. The van der Waals surface area contributed by atoms with Crippen LogP contribution in [0.5, 0.6) is 5.75 Å². The lowest BCUT2D eigenvalue weighted by molar-refractivity contribution is -0.108. The molecule has 0 amide bonds. The Bertz CT molecular complexity index is 329. The SMILES string of the molecule is Cc1cc(OCCC=O)cc(C(C)C)c1. The highest BCUT2D eigenvalue weighted by Gasteiger charge is 2.03. The minimum atomic E-state index is 0.449. The Hall–Kier alpha value is -1.31. The molecular formula is C13H18O2. The predicted octanol–water partition coefficient (Wildman–Crippen LogP) is 3.09. The second-order valence-corrected chi connectivity index (χ2v) is 4.04. The van der Waals surface area contributed by atoms with Crippen molar-refractivity contribution in [1.29, 1.82) is 0 Å². The third-order valence-electron chi connectivity index (χ3n) is 2.24. The fraction of sp³-hybridized carbons (Fsp3) is 0.462. The Morgan fingerprint density at radius 1 is 1.33 bits per heavy atom. The monoisotopic (exact) mass is 206 g/mol. The molecule has 0 radical (unpaired) electrons. The lowest BCUT2D eigenvalue weighted by Crippen LogP contribution is -1.99. The van der Waals surface area contributed by atoms with Crippen molar-refractivity contribution < 1.29 is 9.53 Å². The number of hydrogen-bond acceptors (Lipinski definition) is 2. The van der Waals surface area contributed by atoms with Crippen molar-refractivity contribution in [2.45, 2.75) is 33.1 Å². The minimum absolute atomic E-state index is 0.449. The average molecular weight is 206 g/mol. The molecule has 0 unspecified atom stereocenters. The lowest BCUT2D eigenvalue weighted by atomic mass is 10.0. The van der Waals surface area contributed by atoms with Crippen molar-refractivity contribution in [1.82, 2.24) is 0 Å². The van der Waals surface area contributed by atoms with Gasteiger partial charge in [-0.15, -0.1) is 0 Å². The molecule has 1 aromatic rings. The van der Waals surface area contributed by atoms with E-state index in [0.29, 0.717) is 18.9 Å². The van der Waals surface area contributed by atoms with Gasteiger partial charge in [-0.25, -0.2) is 0 Å². The first-order valence-corrected chi connectivity index (χ1v) is 5.31. The fourth-order valence-corrected chi connectivity index (χ4v) is 1.42. The number of benzene rings is 1. The third kappa shape index (κ3) is 3.74. The van der Waals surface area contributed by atoms with E-state index in [1.165, 1.54) is 11.1 Å². The molecule has 0 aliphatic rings. The number of ether oxygens (including phenoxy) is 1. The van der Waals surface area contributed by atoms with E-state index in [9.17, 15) is 4.79 Å². The van der Waals surface area contributed by atoms with Crippen LogP contribution in [0.2, 0.25) is 0 Å². The summed E-state index contributed by atoms with van der Waals surface area (Å²) in [5.74, 6) is 1.36. The molecule has 1 rings (SSSR count). The van der Waals surface area contributed by atoms with Crippen LogP contribution in [0.1, 0.15) is 37.3 Å². The van der Waals surface area contributed by atoms with Gasteiger partial charge in [0.2, 0.25) is 0 Å². The van der Waals surface area contributed by atoms with Gasteiger partial charge < -0.3 is 9.53 Å². The van der Waals surface area contributed by atoms with E-state index in [1.54, 1.807) is 0 Å². The molecule has 0 atom stereocenters. The molecule has 0 saturated heterocycles. The smallest absolute Gasteiger partial charge is 0.123 e. The molecule has 0 aromatic heterocycles. The Kier molecular flexibility index (Phi) is 4.35. The standard InChI is InChI=1S/C13H18O2/c1-10(2)12-7-11(3)8-13(9-12)15-6-4-5-14/h5,7-10H,4,6H2,1-3H3. The predicted molar refractivity (Wildman–Crippen MR) is 61.4 cm³/mol. The van der Waals surface area contributed by atoms with E-state index in [4.69, 9.17) is 4.74 Å². The van der Waals surface area contributed by atoms with Crippen molar-refractivity contribution in [2.24, 2.45) is 0 Å². The van der Waals surface area contributed by atoms with Crippen LogP contribution in [0.4, 0.5) is 0 Å². The fourth-order valence-electron chi connectivity index (χ4n) is 1.42. The number of rotatable bonds is 5. The van der Waals surface area contributed by atoms with E-state index < -0.39 is 0 Å². The topological polar surface area (TPSA) is 26.3 Å². The Morgan fingerprint density at radius 3 is 2.67 bits per heavy atom. The zero-order chi connectivity index (χ0) is 11.3. The highest BCUT2D eigenvalue weighted by molar-refractivity contribution is 5.49. The van der Waals surface area contributed by atoms with Crippen molar-refractivity contribution in [3.63, 3.8) is 0 Å². The van der Waals surface area contributed by atoms with Gasteiger partial charge in [0, 0.05) is 6.42 Å². The first kappa shape index (κ1) is 11.8. The molecule has 15 heavy (non-hydrogen) atoms. The third-order valence-corrected chi connectivity index (χ3v) is 2.24. The Balaban J connectivity index is 2.74. The van der Waals surface area contributed by atoms with Gasteiger partial charge in [0.05, 0.1) is 6.61 Å².